The van der Waals surface area contributed by atoms with Crippen molar-refractivity contribution in [2.75, 3.05) is 5.32 Å². The lowest BCUT2D eigenvalue weighted by molar-refractivity contribution is -0.384. The van der Waals surface area contributed by atoms with Crippen LogP contribution in [-0.4, -0.2) is 17.0 Å². The van der Waals surface area contributed by atoms with Gasteiger partial charge >= 0.3 is 18.3 Å². The Bertz CT molecular complexity index is 598. The van der Waals surface area contributed by atoms with Gasteiger partial charge in [-0.15, -0.1) is 0 Å². The molecular weight excluding hydrogens is 334 g/mol. The summed E-state index contributed by atoms with van der Waals surface area (Å²) in [5, 5.41) is 10.6. The first kappa shape index (κ1) is 17.0. The summed E-state index contributed by atoms with van der Waals surface area (Å²) in [7, 11) is 0. The van der Waals surface area contributed by atoms with Gasteiger partial charge in [-0.2, -0.15) is 26.3 Å². The van der Waals surface area contributed by atoms with Crippen molar-refractivity contribution in [2.24, 2.45) is 0 Å². The molecule has 21 heavy (non-hydrogen) atoms. The van der Waals surface area contributed by atoms with Gasteiger partial charge in [0.15, 0.2) is 0 Å². The number of benzene rings is 1. The second-order valence-electron chi connectivity index (χ2n) is 3.56. The van der Waals surface area contributed by atoms with E-state index in [0.717, 1.165) is 5.32 Å². The second-order valence-corrected chi connectivity index (χ2v) is 3.94. The van der Waals surface area contributed by atoms with Gasteiger partial charge < -0.3 is 5.32 Å². The van der Waals surface area contributed by atoms with Crippen LogP contribution in [0.4, 0.5) is 37.7 Å². The van der Waals surface area contributed by atoms with Crippen molar-refractivity contribution in [1.82, 2.24) is 0 Å². The summed E-state index contributed by atoms with van der Waals surface area (Å²) in [4.78, 5) is 19.9. The minimum atomic E-state index is -5.40. The van der Waals surface area contributed by atoms with E-state index in [1.54, 1.807) is 0 Å². The smallest absolute Gasteiger partial charge is 0.317 e. The molecule has 1 aromatic rings. The number of alkyl halides is 6. The largest absolute Gasteiger partial charge is 0.471 e. The summed E-state index contributed by atoms with van der Waals surface area (Å²) >= 11 is 5.33. The number of anilines is 1. The first-order valence-corrected chi connectivity index (χ1v) is 5.15. The maximum absolute atomic E-state index is 12.5. The fraction of sp³-hybridized carbons (Fsp3) is 0.222. The number of halogens is 7. The highest BCUT2D eigenvalue weighted by atomic mass is 35.5. The summed E-state index contributed by atoms with van der Waals surface area (Å²) in [5.41, 5.74) is -4.08. The molecule has 0 aliphatic rings. The van der Waals surface area contributed by atoms with E-state index in [4.69, 9.17) is 11.6 Å². The van der Waals surface area contributed by atoms with E-state index in [1.165, 1.54) is 0 Å². The van der Waals surface area contributed by atoms with Gasteiger partial charge in [-0.1, -0.05) is 11.6 Å². The van der Waals surface area contributed by atoms with Gasteiger partial charge in [-0.25, -0.2) is 0 Å². The second kappa shape index (κ2) is 5.39. The highest BCUT2D eigenvalue weighted by molar-refractivity contribution is 6.35. The van der Waals surface area contributed by atoms with Crippen molar-refractivity contribution in [1.29, 1.82) is 0 Å². The molecule has 1 N–H and O–H groups in total. The van der Waals surface area contributed by atoms with Crippen LogP contribution in [-0.2, 0) is 11.0 Å². The molecule has 12 heteroatoms. The van der Waals surface area contributed by atoms with Crippen molar-refractivity contribution < 1.29 is 36.1 Å². The molecule has 5 nitrogen and oxygen atoms in total. The van der Waals surface area contributed by atoms with Gasteiger partial charge in [0.2, 0.25) is 0 Å². The molecule has 0 fully saturated rings. The van der Waals surface area contributed by atoms with Crippen LogP contribution in [0.2, 0.25) is 5.02 Å². The number of nitro benzene ring substituents is 1. The first-order valence-electron chi connectivity index (χ1n) is 4.77. The van der Waals surface area contributed by atoms with Gasteiger partial charge in [0.25, 0.3) is 5.69 Å². The van der Waals surface area contributed by atoms with Crippen molar-refractivity contribution in [3.8, 4) is 0 Å². The van der Waals surface area contributed by atoms with E-state index in [9.17, 15) is 41.3 Å². The van der Waals surface area contributed by atoms with Crippen LogP contribution < -0.4 is 5.32 Å². The predicted molar refractivity (Wildman–Crippen MR) is 57.8 cm³/mol. The third kappa shape index (κ3) is 3.97. The molecule has 0 bridgehead atoms. The van der Waals surface area contributed by atoms with E-state index in [-0.39, 0.29) is 12.1 Å². The molecule has 0 unspecified atom stereocenters. The van der Waals surface area contributed by atoms with Crippen molar-refractivity contribution in [3.63, 3.8) is 0 Å². The SMILES string of the molecule is O=C(Nc1cc(C(F)(F)F)cc([N+](=O)[O-])c1Cl)C(F)(F)F. The lowest BCUT2D eigenvalue weighted by Gasteiger charge is -2.13. The number of hydrogen-bond acceptors (Lipinski definition) is 3. The Balaban J connectivity index is 3.41. The summed E-state index contributed by atoms with van der Waals surface area (Å²) in [5.74, 6) is -2.61. The van der Waals surface area contributed by atoms with Crippen molar-refractivity contribution in [2.45, 2.75) is 12.4 Å². The Kier molecular flexibility index (Phi) is 4.37. The highest BCUT2D eigenvalue weighted by Gasteiger charge is 2.40. The number of hydrogen-bond donors (Lipinski definition) is 1. The number of rotatable bonds is 2. The van der Waals surface area contributed by atoms with Crippen molar-refractivity contribution >= 4 is 28.9 Å². The van der Waals surface area contributed by atoms with Gasteiger partial charge in [-0.05, 0) is 6.07 Å². The number of amides is 1. The van der Waals surface area contributed by atoms with Crippen molar-refractivity contribution in [3.05, 3.63) is 32.8 Å². The zero-order valence-corrected chi connectivity index (χ0v) is 10.2. The van der Waals surface area contributed by atoms with E-state index in [2.05, 4.69) is 0 Å². The summed E-state index contributed by atoms with van der Waals surface area (Å²) in [6.07, 6.45) is -10.5. The number of nitrogens with one attached hydrogen (secondary N) is 1. The van der Waals surface area contributed by atoms with Gasteiger partial charge in [0, 0.05) is 6.07 Å². The molecule has 0 radical (unpaired) electrons. The van der Waals surface area contributed by atoms with Crippen LogP contribution in [0, 0.1) is 10.1 Å². The molecule has 0 saturated heterocycles. The first-order chi connectivity index (χ1) is 9.34. The summed E-state index contributed by atoms with van der Waals surface area (Å²) in [6.45, 7) is 0. The quantitative estimate of drug-likeness (QED) is 0.507. The van der Waals surface area contributed by atoms with Crippen LogP contribution in [0.1, 0.15) is 5.56 Å². The molecule has 0 atom stereocenters. The topological polar surface area (TPSA) is 72.2 Å². The normalized spacial score (nSPS) is 12.1. The van der Waals surface area contributed by atoms with Gasteiger partial charge in [0.1, 0.15) is 5.02 Å². The van der Waals surface area contributed by atoms with E-state index < -0.39 is 45.1 Å². The van der Waals surface area contributed by atoms with Gasteiger partial charge in [0.05, 0.1) is 16.2 Å². The van der Waals surface area contributed by atoms with E-state index >= 15 is 0 Å². The maximum Gasteiger partial charge on any atom is 0.471 e. The molecule has 0 spiro atoms. The molecule has 0 aromatic heterocycles. The zero-order chi connectivity index (χ0) is 16.6. The molecule has 0 aliphatic heterocycles. The molecule has 116 valence electrons. The molecule has 1 rings (SSSR count). The average molecular weight is 337 g/mol. The highest BCUT2D eigenvalue weighted by Crippen LogP contribution is 2.40. The molecule has 0 saturated carbocycles. The lowest BCUT2D eigenvalue weighted by Crippen LogP contribution is -2.30. The number of carbonyl (C=O) groups is 1. The van der Waals surface area contributed by atoms with E-state index in [0.29, 0.717) is 0 Å². The third-order valence-electron chi connectivity index (χ3n) is 2.08. The summed E-state index contributed by atoms with van der Waals surface area (Å²) in [6, 6.07) is 0.116. The van der Waals surface area contributed by atoms with Crippen LogP contribution in [0.5, 0.6) is 0 Å². The fourth-order valence-corrected chi connectivity index (χ4v) is 1.42. The minimum Gasteiger partial charge on any atom is -0.317 e. The number of carbonyl (C=O) groups excluding carboxylic acids is 1. The summed E-state index contributed by atoms with van der Waals surface area (Å²) < 4.78 is 73.7. The Hall–Kier alpha value is -2.04. The minimum absolute atomic E-state index is 0.0472. The Labute approximate surface area is 116 Å². The van der Waals surface area contributed by atoms with Crippen LogP contribution in [0.25, 0.3) is 0 Å². The molecule has 1 amide bonds. The Morgan fingerprint density at radius 2 is 1.71 bits per heavy atom. The maximum atomic E-state index is 12.5. The van der Waals surface area contributed by atoms with Crippen LogP contribution >= 0.6 is 11.6 Å². The third-order valence-corrected chi connectivity index (χ3v) is 2.48. The number of nitrogens with zero attached hydrogens (tertiary/aromatic N) is 1. The molecular formula is C9H3ClF6N2O3. The van der Waals surface area contributed by atoms with Crippen LogP contribution in [0.3, 0.4) is 0 Å². The van der Waals surface area contributed by atoms with Crippen LogP contribution in [0.15, 0.2) is 12.1 Å². The monoisotopic (exact) mass is 336 g/mol. The number of nitro groups is 1. The zero-order valence-electron chi connectivity index (χ0n) is 9.47. The predicted octanol–water partition coefficient (Wildman–Crippen LogP) is 3.77. The Morgan fingerprint density at radius 1 is 1.19 bits per heavy atom. The molecule has 1 aromatic carbocycles. The Morgan fingerprint density at radius 3 is 2.10 bits per heavy atom. The standard InChI is InChI=1S/C9H3ClF6N2O3/c10-6-4(17-7(19)9(14,15)16)1-3(8(11,12)13)2-5(6)18(20)21/h1-2H,(H,17,19). The lowest BCUT2D eigenvalue weighted by atomic mass is 10.1. The van der Waals surface area contributed by atoms with E-state index in [1.807, 2.05) is 0 Å². The fourth-order valence-electron chi connectivity index (χ4n) is 1.19. The molecule has 0 aliphatic carbocycles. The van der Waals surface area contributed by atoms with Gasteiger partial charge in [-0.3, -0.25) is 14.9 Å². The molecule has 0 heterocycles. The average Bonchev–Trinajstić information content (AvgIpc) is 2.28.